The van der Waals surface area contributed by atoms with E-state index in [-0.39, 0.29) is 0 Å². The number of carbonyl (C=O) groups is 1. The highest BCUT2D eigenvalue weighted by Crippen LogP contribution is 2.01. The van der Waals surface area contributed by atoms with Crippen LogP contribution in [-0.4, -0.2) is 17.1 Å². The van der Waals surface area contributed by atoms with Gasteiger partial charge in [-0.2, -0.15) is 0 Å². The fourth-order valence-electron chi connectivity index (χ4n) is 0.604. The van der Waals surface area contributed by atoms with Crippen LogP contribution in [0.2, 0.25) is 0 Å². The van der Waals surface area contributed by atoms with Crippen LogP contribution in [0.4, 0.5) is 0 Å². The molecule has 9 heavy (non-hydrogen) atoms. The SMILES string of the molecule is [3H]OC(=O)[C@@H](N)CC(C)C. The molecule has 0 radical (unpaired) electrons. The first-order chi connectivity index (χ1) is 4.57. The van der Waals surface area contributed by atoms with Gasteiger partial charge in [0.1, 0.15) is 6.04 Å². The molecule has 1 atom stereocenters. The number of nitrogens with two attached hydrogens (primary N) is 1. The Kier molecular flexibility index (Phi) is 2.51. The average Bonchev–Trinajstić information content (AvgIpc) is 1.85. The number of hydrogen-bond acceptors (Lipinski definition) is 3. The maximum absolute atomic E-state index is 10.5. The summed E-state index contributed by atoms with van der Waals surface area (Å²) in [5.74, 6) is -0.303. The number of hydrogen-bond donors (Lipinski definition) is 2. The third kappa shape index (κ3) is 3.97. The van der Waals surface area contributed by atoms with E-state index in [0.717, 1.165) is 0 Å². The molecule has 0 aromatic rings. The van der Waals surface area contributed by atoms with Crippen LogP contribution in [0.25, 0.3) is 1.43 Å². The molecule has 0 aromatic carbocycles. The third-order valence-electron chi connectivity index (χ3n) is 1.03. The van der Waals surface area contributed by atoms with Gasteiger partial charge in [-0.3, -0.25) is 4.79 Å². The Balaban J connectivity index is 3.61. The Labute approximate surface area is 56.4 Å². The van der Waals surface area contributed by atoms with E-state index in [4.69, 9.17) is 7.16 Å². The van der Waals surface area contributed by atoms with Crippen LogP contribution < -0.4 is 5.73 Å². The van der Waals surface area contributed by atoms with Crippen LogP contribution >= 0.6 is 0 Å². The molecular formula is C6H13NO2. The molecule has 0 rings (SSSR count). The van der Waals surface area contributed by atoms with E-state index in [1.165, 1.54) is 0 Å². The van der Waals surface area contributed by atoms with Crippen LogP contribution in [0.5, 0.6) is 0 Å². The fourth-order valence-corrected chi connectivity index (χ4v) is 0.604. The highest BCUT2D eigenvalue weighted by Gasteiger charge is 2.11. The molecule has 0 saturated heterocycles. The molecule has 0 bridgehead atoms. The Morgan fingerprint density at radius 1 is 1.89 bits per heavy atom. The average molecular weight is 133 g/mol. The van der Waals surface area contributed by atoms with Crippen molar-refractivity contribution in [1.29, 1.82) is 1.43 Å². The highest BCUT2D eigenvalue weighted by atomic mass is 16.4. The lowest BCUT2D eigenvalue weighted by atomic mass is 10.1. The van der Waals surface area contributed by atoms with Crippen LogP contribution in [-0.2, 0) is 4.79 Å². The van der Waals surface area contributed by atoms with E-state index in [1.807, 2.05) is 13.8 Å². The van der Waals surface area contributed by atoms with Gasteiger partial charge in [0.05, 0.1) is 0 Å². The van der Waals surface area contributed by atoms with Crippen molar-refractivity contribution in [2.75, 3.05) is 0 Å². The normalized spacial score (nSPS) is 14.9. The van der Waals surface area contributed by atoms with Gasteiger partial charge in [-0.05, 0) is 12.3 Å². The first-order valence-electron chi connectivity index (χ1n) is 3.41. The van der Waals surface area contributed by atoms with Gasteiger partial charge in [-0.1, -0.05) is 13.8 Å². The molecular weight excluding hydrogens is 118 g/mol. The van der Waals surface area contributed by atoms with Crippen LogP contribution in [0.3, 0.4) is 0 Å². The molecule has 0 heterocycles. The van der Waals surface area contributed by atoms with Gasteiger partial charge >= 0.3 is 5.97 Å². The summed E-state index contributed by atoms with van der Waals surface area (Å²) >= 11 is 0. The smallest absolute Gasteiger partial charge is 0.320 e. The van der Waals surface area contributed by atoms with Crippen molar-refractivity contribution in [3.8, 4) is 0 Å². The quantitative estimate of drug-likeness (QED) is 0.587. The molecule has 0 aromatic heterocycles. The van der Waals surface area contributed by atoms with Crippen molar-refractivity contribution in [2.45, 2.75) is 26.3 Å². The Morgan fingerprint density at radius 2 is 2.44 bits per heavy atom. The van der Waals surface area contributed by atoms with Crippen molar-refractivity contribution in [3.05, 3.63) is 0 Å². The zero-order valence-corrected chi connectivity index (χ0v) is 5.76. The van der Waals surface area contributed by atoms with E-state index in [2.05, 4.69) is 5.11 Å². The number of rotatable bonds is 3. The molecule has 3 nitrogen and oxygen atoms in total. The van der Waals surface area contributed by atoms with Gasteiger partial charge in [0.25, 0.3) is 1.43 Å². The van der Waals surface area contributed by atoms with Gasteiger partial charge in [-0.15, -0.1) is 0 Å². The molecule has 54 valence electrons. The van der Waals surface area contributed by atoms with Gasteiger partial charge in [0.2, 0.25) is 0 Å². The molecule has 0 unspecified atom stereocenters. The van der Waals surface area contributed by atoms with E-state index in [0.29, 0.717) is 12.3 Å². The molecule has 3 heteroatoms. The van der Waals surface area contributed by atoms with E-state index >= 15 is 0 Å². The van der Waals surface area contributed by atoms with Crippen molar-refractivity contribution in [2.24, 2.45) is 11.7 Å². The van der Waals surface area contributed by atoms with E-state index in [9.17, 15) is 4.79 Å². The molecule has 0 aliphatic heterocycles. The predicted molar refractivity (Wildman–Crippen MR) is 35.1 cm³/mol. The largest absolute Gasteiger partial charge is 0.480 e. The monoisotopic (exact) mass is 133 g/mol. The molecule has 0 saturated carbocycles. The molecule has 3 N–H and O–H groups in total. The predicted octanol–water partition coefficient (Wildman–Crippen LogP) is 0.444. The molecule has 0 aliphatic rings. The van der Waals surface area contributed by atoms with Gasteiger partial charge < -0.3 is 10.8 Å². The summed E-state index contributed by atoms with van der Waals surface area (Å²) in [4.78, 5) is 10.5. The third-order valence-corrected chi connectivity index (χ3v) is 1.03. The van der Waals surface area contributed by atoms with Gasteiger partial charge in [-0.25, -0.2) is 0 Å². The standard InChI is InChI=1S/C6H13NO2/c1-4(2)3-5(7)6(8)9/h4-5H,3,7H2,1-2H3,(H,8,9)/t5-/m0/s1/i/hT. The van der Waals surface area contributed by atoms with Crippen molar-refractivity contribution >= 4 is 5.97 Å². The molecule has 0 aliphatic carbocycles. The van der Waals surface area contributed by atoms with E-state index < -0.39 is 12.0 Å². The summed E-state index contributed by atoms with van der Waals surface area (Å²) in [6.07, 6.45) is 0.567. The summed E-state index contributed by atoms with van der Waals surface area (Å²) in [6, 6.07) is -0.641. The van der Waals surface area contributed by atoms with Gasteiger partial charge in [0.15, 0.2) is 0 Å². The van der Waals surface area contributed by atoms with Crippen molar-refractivity contribution < 1.29 is 9.90 Å². The minimum absolute atomic E-state index is 0.356. The summed E-state index contributed by atoms with van der Waals surface area (Å²) in [5, 5.41) is 3.70. The molecule has 0 spiro atoms. The van der Waals surface area contributed by atoms with E-state index in [1.54, 1.807) is 0 Å². The summed E-state index contributed by atoms with van der Waals surface area (Å²) in [7, 11) is 0. The second-order valence-corrected chi connectivity index (χ2v) is 2.56. The maximum atomic E-state index is 10.5. The Bertz CT molecular complexity index is 116. The lowest BCUT2D eigenvalue weighted by Crippen LogP contribution is -2.31. The van der Waals surface area contributed by atoms with Gasteiger partial charge in [0, 0.05) is 0 Å². The Morgan fingerprint density at radius 3 is 2.78 bits per heavy atom. The number of carboxylic acids is 1. The first-order valence-corrected chi connectivity index (χ1v) is 3.00. The lowest BCUT2D eigenvalue weighted by Gasteiger charge is -2.07. The summed E-state index contributed by atoms with van der Waals surface area (Å²) in [6.45, 7) is 3.91. The lowest BCUT2D eigenvalue weighted by molar-refractivity contribution is -0.138. The summed E-state index contributed by atoms with van der Waals surface area (Å²) < 4.78 is 6.25. The zero-order valence-electron chi connectivity index (χ0n) is 6.76. The number of carboxylic acid groups (broad SMARTS) is 1. The molecule has 0 fully saturated rings. The van der Waals surface area contributed by atoms with Crippen molar-refractivity contribution in [3.63, 3.8) is 0 Å². The fraction of sp³-hybridized carbons (Fsp3) is 0.833. The number of aliphatic carboxylic acids is 1. The maximum Gasteiger partial charge on any atom is 0.320 e. The van der Waals surface area contributed by atoms with Crippen LogP contribution in [0.1, 0.15) is 20.3 Å². The Hall–Kier alpha value is -0.570. The second-order valence-electron chi connectivity index (χ2n) is 2.56. The zero-order chi connectivity index (χ0) is 8.15. The minimum atomic E-state index is -0.659. The van der Waals surface area contributed by atoms with Crippen molar-refractivity contribution in [1.82, 2.24) is 0 Å². The molecule has 0 amide bonds. The highest BCUT2D eigenvalue weighted by molar-refractivity contribution is 5.72. The minimum Gasteiger partial charge on any atom is -0.480 e. The van der Waals surface area contributed by atoms with Crippen LogP contribution in [0, 0.1) is 5.92 Å². The first kappa shape index (κ1) is 6.55. The van der Waals surface area contributed by atoms with Crippen LogP contribution in [0.15, 0.2) is 0 Å². The summed E-state index contributed by atoms with van der Waals surface area (Å²) in [5.41, 5.74) is 5.33. The topological polar surface area (TPSA) is 63.3 Å². The second kappa shape index (κ2) is 3.45.